The molecule has 0 spiro atoms. The molecule has 2 heterocycles. The Kier molecular flexibility index (Phi) is 3.09. The molecule has 1 saturated carbocycles. The average molecular weight is 279 g/mol. The van der Waals surface area contributed by atoms with Crippen LogP contribution in [0, 0.1) is 0 Å². The van der Waals surface area contributed by atoms with Gasteiger partial charge in [0.2, 0.25) is 4.96 Å². The number of nitrogens with two attached hydrogens (primary N) is 1. The summed E-state index contributed by atoms with van der Waals surface area (Å²) in [5.41, 5.74) is 6.20. The predicted octanol–water partition coefficient (Wildman–Crippen LogP) is 2.47. The Hall–Kier alpha value is -1.01. The predicted molar refractivity (Wildman–Crippen MR) is 76.5 cm³/mol. The molecule has 2 aromatic heterocycles. The van der Waals surface area contributed by atoms with Crippen LogP contribution in [0.2, 0.25) is 0 Å². The maximum Gasteiger partial charge on any atom is 0.234 e. The molecule has 104 valence electrons. The molecule has 3 rings (SSSR count). The third-order valence-corrected chi connectivity index (χ3v) is 4.84. The van der Waals surface area contributed by atoms with E-state index in [9.17, 15) is 0 Å². The Bertz CT molecular complexity index is 579. The third-order valence-electron chi connectivity index (χ3n) is 3.81. The van der Waals surface area contributed by atoms with E-state index in [4.69, 9.17) is 10.8 Å². The van der Waals surface area contributed by atoms with E-state index in [0.29, 0.717) is 5.92 Å². The molecular formula is C13H21N5S. The van der Waals surface area contributed by atoms with Gasteiger partial charge in [0.15, 0.2) is 5.82 Å². The highest BCUT2D eigenvalue weighted by Gasteiger charge is 2.29. The van der Waals surface area contributed by atoms with Gasteiger partial charge in [-0.05, 0) is 12.8 Å². The zero-order chi connectivity index (χ0) is 13.6. The fraction of sp³-hybridized carbons (Fsp3) is 0.769. The number of rotatable bonds is 1. The standard InChI is InChI=1S/C13H21N5S/c1-13(2,3)11-15-16-12-18(11)17-10(19-12)8-6-4-5-7-9(8)14/h8-9H,4-7,14H2,1-3H3. The lowest BCUT2D eigenvalue weighted by Gasteiger charge is -2.26. The summed E-state index contributed by atoms with van der Waals surface area (Å²) in [5, 5.41) is 14.4. The van der Waals surface area contributed by atoms with Gasteiger partial charge in [-0.3, -0.25) is 0 Å². The summed E-state index contributed by atoms with van der Waals surface area (Å²) in [6.07, 6.45) is 4.76. The zero-order valence-corrected chi connectivity index (χ0v) is 12.6. The molecule has 0 bridgehead atoms. The molecule has 1 aliphatic rings. The van der Waals surface area contributed by atoms with Crippen molar-refractivity contribution in [2.24, 2.45) is 5.73 Å². The van der Waals surface area contributed by atoms with Gasteiger partial charge in [-0.1, -0.05) is 44.9 Å². The second kappa shape index (κ2) is 4.52. The van der Waals surface area contributed by atoms with Gasteiger partial charge in [0.25, 0.3) is 0 Å². The Morgan fingerprint density at radius 2 is 1.95 bits per heavy atom. The molecule has 1 fully saturated rings. The molecule has 2 unspecified atom stereocenters. The summed E-state index contributed by atoms with van der Waals surface area (Å²) in [7, 11) is 0. The van der Waals surface area contributed by atoms with Crippen molar-refractivity contribution in [3.63, 3.8) is 0 Å². The van der Waals surface area contributed by atoms with Crippen molar-refractivity contribution >= 4 is 16.3 Å². The first-order chi connectivity index (χ1) is 8.97. The number of nitrogens with zero attached hydrogens (tertiary/aromatic N) is 4. The molecule has 0 saturated heterocycles. The average Bonchev–Trinajstić information content (AvgIpc) is 2.86. The van der Waals surface area contributed by atoms with Gasteiger partial charge in [-0.2, -0.15) is 9.61 Å². The lowest BCUT2D eigenvalue weighted by atomic mass is 9.85. The highest BCUT2D eigenvalue weighted by atomic mass is 32.1. The van der Waals surface area contributed by atoms with E-state index in [1.54, 1.807) is 11.3 Å². The van der Waals surface area contributed by atoms with Crippen molar-refractivity contribution in [1.82, 2.24) is 19.8 Å². The molecule has 5 nitrogen and oxygen atoms in total. The number of fused-ring (bicyclic) bond motifs is 1. The fourth-order valence-electron chi connectivity index (χ4n) is 2.72. The minimum atomic E-state index is -0.0422. The van der Waals surface area contributed by atoms with Crippen molar-refractivity contribution in [2.45, 2.75) is 63.8 Å². The lowest BCUT2D eigenvalue weighted by Crippen LogP contribution is -2.31. The first-order valence-corrected chi connectivity index (χ1v) is 7.76. The summed E-state index contributed by atoms with van der Waals surface area (Å²) in [6.45, 7) is 6.40. The monoisotopic (exact) mass is 279 g/mol. The topological polar surface area (TPSA) is 69.1 Å². The van der Waals surface area contributed by atoms with Crippen LogP contribution in [-0.4, -0.2) is 25.9 Å². The molecule has 0 aromatic carbocycles. The summed E-state index contributed by atoms with van der Waals surface area (Å²) in [5.74, 6) is 1.32. The van der Waals surface area contributed by atoms with Gasteiger partial charge in [0.1, 0.15) is 5.01 Å². The second-order valence-electron chi connectivity index (χ2n) is 6.46. The highest BCUT2D eigenvalue weighted by Crippen LogP contribution is 2.35. The van der Waals surface area contributed by atoms with Crippen LogP contribution in [0.5, 0.6) is 0 Å². The summed E-state index contributed by atoms with van der Waals surface area (Å²) in [4.78, 5) is 0.887. The zero-order valence-electron chi connectivity index (χ0n) is 11.8. The Labute approximate surface area is 117 Å². The van der Waals surface area contributed by atoms with Crippen LogP contribution in [0.15, 0.2) is 0 Å². The van der Waals surface area contributed by atoms with E-state index >= 15 is 0 Å². The maximum atomic E-state index is 6.25. The van der Waals surface area contributed by atoms with Gasteiger partial charge in [0.05, 0.1) is 0 Å². The van der Waals surface area contributed by atoms with Gasteiger partial charge in [-0.25, -0.2) is 0 Å². The Balaban J connectivity index is 2.00. The molecule has 1 aliphatic carbocycles. The van der Waals surface area contributed by atoms with Crippen LogP contribution < -0.4 is 5.73 Å². The maximum absolute atomic E-state index is 6.25. The summed E-state index contributed by atoms with van der Waals surface area (Å²) in [6, 6.07) is 0.246. The van der Waals surface area contributed by atoms with Gasteiger partial charge in [-0.15, -0.1) is 10.2 Å². The van der Waals surface area contributed by atoms with Gasteiger partial charge < -0.3 is 5.73 Å². The highest BCUT2D eigenvalue weighted by molar-refractivity contribution is 7.16. The number of hydrogen-bond acceptors (Lipinski definition) is 5. The minimum Gasteiger partial charge on any atom is -0.327 e. The normalized spacial score (nSPS) is 25.1. The van der Waals surface area contributed by atoms with E-state index in [0.717, 1.165) is 28.6 Å². The lowest BCUT2D eigenvalue weighted by molar-refractivity contribution is 0.381. The van der Waals surface area contributed by atoms with Crippen molar-refractivity contribution in [3.05, 3.63) is 10.8 Å². The molecular weight excluding hydrogens is 258 g/mol. The van der Waals surface area contributed by atoms with E-state index in [1.165, 1.54) is 12.8 Å². The fourth-order valence-corrected chi connectivity index (χ4v) is 3.76. The van der Waals surface area contributed by atoms with Crippen LogP contribution >= 0.6 is 11.3 Å². The van der Waals surface area contributed by atoms with Crippen molar-refractivity contribution in [2.75, 3.05) is 0 Å². The first-order valence-electron chi connectivity index (χ1n) is 6.95. The summed E-state index contributed by atoms with van der Waals surface area (Å²) < 4.78 is 1.90. The largest absolute Gasteiger partial charge is 0.327 e. The van der Waals surface area contributed by atoms with Crippen molar-refractivity contribution in [3.8, 4) is 0 Å². The van der Waals surface area contributed by atoms with E-state index < -0.39 is 0 Å². The smallest absolute Gasteiger partial charge is 0.234 e. The molecule has 0 radical (unpaired) electrons. The molecule has 0 amide bonds. The SMILES string of the molecule is CC(C)(C)c1nnc2sc(C3CCCCC3N)nn12. The van der Waals surface area contributed by atoms with Crippen LogP contribution in [0.4, 0.5) is 0 Å². The van der Waals surface area contributed by atoms with Crippen molar-refractivity contribution in [1.29, 1.82) is 0 Å². The molecule has 6 heteroatoms. The van der Waals surface area contributed by atoms with Crippen molar-refractivity contribution < 1.29 is 0 Å². The van der Waals surface area contributed by atoms with Gasteiger partial charge >= 0.3 is 0 Å². The first kappa shape index (κ1) is 13.0. The second-order valence-corrected chi connectivity index (χ2v) is 7.45. The van der Waals surface area contributed by atoms with Gasteiger partial charge in [0, 0.05) is 17.4 Å². The Morgan fingerprint density at radius 1 is 1.21 bits per heavy atom. The van der Waals surface area contributed by atoms with Crippen LogP contribution in [0.25, 0.3) is 4.96 Å². The van der Waals surface area contributed by atoms with E-state index in [2.05, 4.69) is 31.0 Å². The Morgan fingerprint density at radius 3 is 2.63 bits per heavy atom. The quantitative estimate of drug-likeness (QED) is 0.870. The molecule has 2 atom stereocenters. The van der Waals surface area contributed by atoms with E-state index in [-0.39, 0.29) is 11.5 Å². The summed E-state index contributed by atoms with van der Waals surface area (Å²) >= 11 is 1.64. The number of hydrogen-bond donors (Lipinski definition) is 1. The number of aromatic nitrogens is 4. The molecule has 2 N–H and O–H groups in total. The third kappa shape index (κ3) is 2.27. The molecule has 0 aliphatic heterocycles. The molecule has 2 aromatic rings. The van der Waals surface area contributed by atoms with Crippen LogP contribution in [0.3, 0.4) is 0 Å². The van der Waals surface area contributed by atoms with Crippen LogP contribution in [0.1, 0.15) is 63.2 Å². The van der Waals surface area contributed by atoms with Crippen LogP contribution in [-0.2, 0) is 5.41 Å². The minimum absolute atomic E-state index is 0.0422. The van der Waals surface area contributed by atoms with E-state index in [1.807, 2.05) is 4.52 Å². The molecule has 19 heavy (non-hydrogen) atoms.